The summed E-state index contributed by atoms with van der Waals surface area (Å²) in [6.07, 6.45) is 1.38. The average Bonchev–Trinajstić information content (AvgIpc) is 2.03. The van der Waals surface area contributed by atoms with Gasteiger partial charge in [0.25, 0.3) is 10.1 Å². The Labute approximate surface area is 96.3 Å². The fourth-order valence-corrected chi connectivity index (χ4v) is 1.58. The van der Waals surface area contributed by atoms with E-state index in [-0.39, 0.29) is 30.8 Å². The Bertz CT molecular complexity index is 406. The van der Waals surface area contributed by atoms with Gasteiger partial charge in [0.05, 0.1) is 0 Å². The zero-order valence-corrected chi connectivity index (χ0v) is 9.20. The summed E-state index contributed by atoms with van der Waals surface area (Å²) < 4.78 is 30.2. The van der Waals surface area contributed by atoms with Crippen LogP contribution in [-0.4, -0.2) is 36.0 Å². The first-order chi connectivity index (χ1) is 5.55. The van der Waals surface area contributed by atoms with Gasteiger partial charge in [-0.1, -0.05) is 30.9 Å². The van der Waals surface area contributed by atoms with Crippen molar-refractivity contribution in [2.75, 3.05) is 0 Å². The SMILES string of the molecule is C=Cc1ccccc1S(=O)(=O)O.[H-].[H-].[Mg+2]. The Morgan fingerprint density at radius 2 is 1.92 bits per heavy atom. The molecule has 1 aromatic rings. The summed E-state index contributed by atoms with van der Waals surface area (Å²) in [5.41, 5.74) is 0.403. The molecule has 0 aliphatic carbocycles. The van der Waals surface area contributed by atoms with Crippen molar-refractivity contribution in [1.29, 1.82) is 0 Å². The van der Waals surface area contributed by atoms with Crippen molar-refractivity contribution in [3.05, 3.63) is 36.4 Å². The fraction of sp³-hybridized carbons (Fsp3) is 0. The monoisotopic (exact) mass is 210 g/mol. The molecule has 1 rings (SSSR count). The van der Waals surface area contributed by atoms with Crippen molar-refractivity contribution in [1.82, 2.24) is 0 Å². The van der Waals surface area contributed by atoms with E-state index in [1.807, 2.05) is 0 Å². The molecule has 0 saturated carbocycles. The van der Waals surface area contributed by atoms with Crippen LogP contribution in [0.5, 0.6) is 0 Å². The van der Waals surface area contributed by atoms with E-state index in [0.29, 0.717) is 5.56 Å². The molecule has 0 heterocycles. The number of hydrogen-bond acceptors (Lipinski definition) is 2. The van der Waals surface area contributed by atoms with Gasteiger partial charge in [-0.3, -0.25) is 4.55 Å². The molecule has 68 valence electrons. The fourth-order valence-electron chi connectivity index (χ4n) is 0.884. The van der Waals surface area contributed by atoms with Crippen molar-refractivity contribution in [3.63, 3.8) is 0 Å². The molecule has 0 fully saturated rings. The van der Waals surface area contributed by atoms with Crippen LogP contribution in [-0.2, 0) is 10.1 Å². The van der Waals surface area contributed by atoms with Gasteiger partial charge in [-0.05, 0) is 11.6 Å². The topological polar surface area (TPSA) is 54.4 Å². The average molecular weight is 211 g/mol. The standard InChI is InChI=1S/C8H8O3S.Mg.2H/c1-2-7-5-3-4-6-8(7)12(9,10)11;;;/h2-6H,1H2,(H,9,10,11);;;/q;+2;2*-1. The van der Waals surface area contributed by atoms with E-state index in [0.717, 1.165) is 0 Å². The van der Waals surface area contributed by atoms with Gasteiger partial charge in [0.1, 0.15) is 4.90 Å². The second-order valence-electron chi connectivity index (χ2n) is 2.22. The van der Waals surface area contributed by atoms with Crippen LogP contribution in [0.25, 0.3) is 6.08 Å². The van der Waals surface area contributed by atoms with Gasteiger partial charge < -0.3 is 2.85 Å². The molecule has 0 aromatic heterocycles. The molecule has 0 unspecified atom stereocenters. The van der Waals surface area contributed by atoms with E-state index in [2.05, 4.69) is 6.58 Å². The van der Waals surface area contributed by atoms with Crippen molar-refractivity contribution >= 4 is 39.2 Å². The molecule has 0 aliphatic heterocycles. The maximum absolute atomic E-state index is 10.7. The van der Waals surface area contributed by atoms with Crippen LogP contribution in [0.1, 0.15) is 8.42 Å². The van der Waals surface area contributed by atoms with Gasteiger partial charge in [0.2, 0.25) is 0 Å². The van der Waals surface area contributed by atoms with Crippen LogP contribution in [0, 0.1) is 0 Å². The molecule has 13 heavy (non-hydrogen) atoms. The second kappa shape index (κ2) is 4.76. The second-order valence-corrected chi connectivity index (χ2v) is 3.61. The molecule has 0 bridgehead atoms. The normalized spacial score (nSPS) is 10.2. The third kappa shape index (κ3) is 3.11. The largest absolute Gasteiger partial charge is 2.00 e. The van der Waals surface area contributed by atoms with E-state index in [1.54, 1.807) is 12.1 Å². The van der Waals surface area contributed by atoms with Gasteiger partial charge in [0.15, 0.2) is 0 Å². The molecule has 0 radical (unpaired) electrons. The van der Waals surface area contributed by atoms with Crippen LogP contribution in [0.15, 0.2) is 35.7 Å². The molecular weight excluding hydrogens is 200 g/mol. The van der Waals surface area contributed by atoms with E-state index in [4.69, 9.17) is 4.55 Å². The van der Waals surface area contributed by atoms with Crippen molar-refractivity contribution < 1.29 is 15.8 Å². The first-order valence-corrected chi connectivity index (χ1v) is 4.68. The minimum atomic E-state index is -4.12. The molecular formula is C8H10MgO3S. The minimum Gasteiger partial charge on any atom is -1.00 e. The Balaban J connectivity index is -0.000000480. The molecule has 0 saturated heterocycles. The summed E-state index contributed by atoms with van der Waals surface area (Å²) >= 11 is 0. The van der Waals surface area contributed by atoms with Crippen molar-refractivity contribution in [2.24, 2.45) is 0 Å². The van der Waals surface area contributed by atoms with Crippen LogP contribution in [0.3, 0.4) is 0 Å². The Morgan fingerprint density at radius 1 is 1.38 bits per heavy atom. The molecule has 0 amide bonds. The number of hydrogen-bond donors (Lipinski definition) is 1. The summed E-state index contributed by atoms with van der Waals surface area (Å²) in [5.74, 6) is 0. The zero-order chi connectivity index (χ0) is 9.19. The van der Waals surface area contributed by atoms with Gasteiger partial charge in [-0.25, -0.2) is 0 Å². The van der Waals surface area contributed by atoms with E-state index in [1.165, 1.54) is 18.2 Å². The summed E-state index contributed by atoms with van der Waals surface area (Å²) in [4.78, 5) is -0.111. The number of rotatable bonds is 2. The Kier molecular flexibility index (Phi) is 4.62. The first-order valence-electron chi connectivity index (χ1n) is 3.24. The third-order valence-corrected chi connectivity index (χ3v) is 2.34. The Morgan fingerprint density at radius 3 is 2.31 bits per heavy atom. The predicted octanol–water partition coefficient (Wildman–Crippen LogP) is 1.42. The van der Waals surface area contributed by atoms with Gasteiger partial charge in [-0.15, -0.1) is 0 Å². The Hall–Kier alpha value is -0.364. The summed E-state index contributed by atoms with van der Waals surface area (Å²) in [6.45, 7) is 3.43. The molecule has 0 aliphatic rings. The van der Waals surface area contributed by atoms with Gasteiger partial charge in [0, 0.05) is 0 Å². The molecule has 1 aromatic carbocycles. The quantitative estimate of drug-likeness (QED) is 0.593. The van der Waals surface area contributed by atoms with Crippen LogP contribution in [0.2, 0.25) is 0 Å². The molecule has 1 N–H and O–H groups in total. The summed E-state index contributed by atoms with van der Waals surface area (Å²) in [7, 11) is -4.12. The number of benzene rings is 1. The van der Waals surface area contributed by atoms with E-state index in [9.17, 15) is 8.42 Å². The van der Waals surface area contributed by atoms with Crippen LogP contribution in [0.4, 0.5) is 0 Å². The molecule has 0 atom stereocenters. The molecule has 0 spiro atoms. The predicted molar refractivity (Wildman–Crippen MR) is 54.3 cm³/mol. The summed E-state index contributed by atoms with van der Waals surface area (Å²) in [6, 6.07) is 6.10. The van der Waals surface area contributed by atoms with Crippen molar-refractivity contribution in [2.45, 2.75) is 4.90 Å². The van der Waals surface area contributed by atoms with Crippen molar-refractivity contribution in [3.8, 4) is 0 Å². The summed E-state index contributed by atoms with van der Waals surface area (Å²) in [5, 5.41) is 0. The molecule has 3 nitrogen and oxygen atoms in total. The van der Waals surface area contributed by atoms with Crippen LogP contribution < -0.4 is 0 Å². The van der Waals surface area contributed by atoms with E-state index >= 15 is 0 Å². The van der Waals surface area contributed by atoms with Gasteiger partial charge in [-0.2, -0.15) is 8.42 Å². The van der Waals surface area contributed by atoms with Gasteiger partial charge >= 0.3 is 23.1 Å². The smallest absolute Gasteiger partial charge is 1.00 e. The maximum Gasteiger partial charge on any atom is 2.00 e. The maximum atomic E-state index is 10.7. The third-order valence-electron chi connectivity index (χ3n) is 1.42. The van der Waals surface area contributed by atoms with E-state index < -0.39 is 10.1 Å². The molecule has 5 heteroatoms. The van der Waals surface area contributed by atoms with Crippen LogP contribution >= 0.6 is 0 Å². The zero-order valence-electron chi connectivity index (χ0n) is 8.97. The first kappa shape index (κ1) is 12.6. The minimum absolute atomic E-state index is 0.